The van der Waals surface area contributed by atoms with Crippen LogP contribution in [0.4, 0.5) is 0 Å². The number of Topliss-reactive ketones (excluding diaryl/α,β-unsaturated/α-hetero) is 2. The predicted molar refractivity (Wildman–Crippen MR) is 55.2 cm³/mol. The first-order valence-electron chi connectivity index (χ1n) is 4.85. The van der Waals surface area contributed by atoms with E-state index in [1.807, 2.05) is 0 Å². The molecule has 0 atom stereocenters. The fourth-order valence-corrected chi connectivity index (χ4v) is 1.38. The number of carbonyl (C=O) groups is 2. The lowest BCUT2D eigenvalue weighted by Crippen LogP contribution is -2.20. The third-order valence-corrected chi connectivity index (χ3v) is 2.31. The molecule has 82 valence electrons. The molecule has 2 aromatic rings. The molecule has 4 heteroatoms. The number of carbonyl (C=O) groups excluding carboxylic acids is 2. The Morgan fingerprint density at radius 2 is 1.44 bits per heavy atom. The molecule has 0 N–H and O–H groups in total. The van der Waals surface area contributed by atoms with Gasteiger partial charge in [0.15, 0.2) is 11.5 Å². The van der Waals surface area contributed by atoms with Crippen molar-refractivity contribution in [2.45, 2.75) is 6.92 Å². The zero-order valence-electron chi connectivity index (χ0n) is 8.67. The van der Waals surface area contributed by atoms with Crippen LogP contribution in [0.1, 0.15) is 28.0 Å². The van der Waals surface area contributed by atoms with Crippen molar-refractivity contribution in [2.75, 3.05) is 0 Å². The summed E-state index contributed by atoms with van der Waals surface area (Å²) in [4.78, 5) is 23.6. The molecule has 0 saturated heterocycles. The van der Waals surface area contributed by atoms with Crippen molar-refractivity contribution >= 4 is 11.6 Å². The van der Waals surface area contributed by atoms with Gasteiger partial charge in [-0.2, -0.15) is 0 Å². The molecule has 0 aromatic carbocycles. The third-order valence-electron chi connectivity index (χ3n) is 2.31. The Hall–Kier alpha value is -2.10. The fraction of sp³-hybridized carbons (Fsp3) is 0.167. The van der Waals surface area contributed by atoms with Crippen LogP contribution in [0.3, 0.4) is 0 Å². The highest BCUT2D eigenvalue weighted by molar-refractivity contribution is 6.13. The average molecular weight is 218 g/mol. The molecule has 0 bridgehead atoms. The van der Waals surface area contributed by atoms with E-state index in [1.165, 1.54) is 31.6 Å². The molecule has 2 heterocycles. The second-order valence-corrected chi connectivity index (χ2v) is 3.40. The van der Waals surface area contributed by atoms with Crippen LogP contribution < -0.4 is 0 Å². The van der Waals surface area contributed by atoms with E-state index >= 15 is 0 Å². The Balaban J connectivity index is 2.17. The minimum atomic E-state index is -0.794. The van der Waals surface area contributed by atoms with Gasteiger partial charge in [0, 0.05) is 0 Å². The van der Waals surface area contributed by atoms with Gasteiger partial charge in [0.2, 0.25) is 11.6 Å². The molecule has 2 aromatic heterocycles. The Kier molecular flexibility index (Phi) is 2.72. The van der Waals surface area contributed by atoms with Crippen LogP contribution in [0.2, 0.25) is 0 Å². The molecule has 2 rings (SSSR count). The Morgan fingerprint density at radius 3 is 1.75 bits per heavy atom. The molecule has 0 fully saturated rings. The SMILES string of the molecule is CC(C(=O)c1ccco1)C(=O)c1ccco1. The van der Waals surface area contributed by atoms with Crippen LogP contribution in [0.25, 0.3) is 0 Å². The second kappa shape index (κ2) is 4.18. The van der Waals surface area contributed by atoms with Gasteiger partial charge in [-0.1, -0.05) is 0 Å². The zero-order valence-corrected chi connectivity index (χ0v) is 8.67. The normalized spacial score (nSPS) is 10.6. The highest BCUT2D eigenvalue weighted by atomic mass is 16.3. The molecule has 0 radical (unpaired) electrons. The van der Waals surface area contributed by atoms with Crippen LogP contribution in [-0.2, 0) is 0 Å². The molecular formula is C12H10O4. The van der Waals surface area contributed by atoms with Gasteiger partial charge in [-0.15, -0.1) is 0 Å². The van der Waals surface area contributed by atoms with Crippen molar-refractivity contribution in [2.24, 2.45) is 5.92 Å². The summed E-state index contributed by atoms with van der Waals surface area (Å²) in [5, 5.41) is 0. The summed E-state index contributed by atoms with van der Waals surface area (Å²) in [6.45, 7) is 1.54. The summed E-state index contributed by atoms with van der Waals surface area (Å²) in [6.07, 6.45) is 2.80. The highest BCUT2D eigenvalue weighted by Crippen LogP contribution is 2.15. The van der Waals surface area contributed by atoms with E-state index in [0.717, 1.165) is 0 Å². The van der Waals surface area contributed by atoms with Crippen molar-refractivity contribution in [1.82, 2.24) is 0 Å². The van der Waals surface area contributed by atoms with Crippen molar-refractivity contribution < 1.29 is 18.4 Å². The molecule has 0 aliphatic carbocycles. The van der Waals surface area contributed by atoms with Crippen molar-refractivity contribution in [3.05, 3.63) is 48.3 Å². The summed E-state index contributed by atoms with van der Waals surface area (Å²) >= 11 is 0. The van der Waals surface area contributed by atoms with Crippen LogP contribution in [0.5, 0.6) is 0 Å². The number of ketones is 2. The van der Waals surface area contributed by atoms with Gasteiger partial charge in [0.05, 0.1) is 18.4 Å². The maximum absolute atomic E-state index is 11.8. The minimum Gasteiger partial charge on any atom is -0.461 e. The van der Waals surface area contributed by atoms with E-state index in [2.05, 4.69) is 0 Å². The summed E-state index contributed by atoms with van der Waals surface area (Å²) in [6, 6.07) is 6.29. The lowest BCUT2D eigenvalue weighted by atomic mass is 9.98. The van der Waals surface area contributed by atoms with Gasteiger partial charge in [-0.05, 0) is 31.2 Å². The Morgan fingerprint density at radius 1 is 1.00 bits per heavy atom. The Labute approximate surface area is 91.9 Å². The van der Waals surface area contributed by atoms with E-state index < -0.39 is 5.92 Å². The van der Waals surface area contributed by atoms with Crippen LogP contribution in [-0.4, -0.2) is 11.6 Å². The second-order valence-electron chi connectivity index (χ2n) is 3.40. The summed E-state index contributed by atoms with van der Waals surface area (Å²) < 4.78 is 9.90. The van der Waals surface area contributed by atoms with Crippen LogP contribution in [0, 0.1) is 5.92 Å². The highest BCUT2D eigenvalue weighted by Gasteiger charge is 2.27. The largest absolute Gasteiger partial charge is 0.461 e. The van der Waals surface area contributed by atoms with Crippen molar-refractivity contribution in [1.29, 1.82) is 0 Å². The van der Waals surface area contributed by atoms with Crippen LogP contribution in [0.15, 0.2) is 45.6 Å². The van der Waals surface area contributed by atoms with Gasteiger partial charge >= 0.3 is 0 Å². The van der Waals surface area contributed by atoms with Gasteiger partial charge in [-0.25, -0.2) is 0 Å². The molecule has 0 saturated carbocycles. The summed E-state index contributed by atoms with van der Waals surface area (Å²) in [5.41, 5.74) is 0. The number of rotatable bonds is 4. The van der Waals surface area contributed by atoms with Gasteiger partial charge in [0.1, 0.15) is 0 Å². The monoisotopic (exact) mass is 218 g/mol. The maximum atomic E-state index is 11.8. The predicted octanol–water partition coefficient (Wildman–Crippen LogP) is 2.57. The van der Waals surface area contributed by atoms with Gasteiger partial charge in [-0.3, -0.25) is 9.59 Å². The Bertz CT molecular complexity index is 433. The molecule has 0 aliphatic heterocycles. The number of hydrogen-bond acceptors (Lipinski definition) is 4. The third kappa shape index (κ3) is 1.82. The summed E-state index contributed by atoms with van der Waals surface area (Å²) in [5.74, 6) is -1.10. The first-order valence-corrected chi connectivity index (χ1v) is 4.85. The topological polar surface area (TPSA) is 60.4 Å². The first kappa shape index (κ1) is 10.4. The van der Waals surface area contributed by atoms with Gasteiger partial charge in [0.25, 0.3) is 0 Å². The minimum absolute atomic E-state index is 0.187. The molecule has 4 nitrogen and oxygen atoms in total. The van der Waals surface area contributed by atoms with E-state index in [4.69, 9.17) is 8.83 Å². The van der Waals surface area contributed by atoms with E-state index in [1.54, 1.807) is 12.1 Å². The fourth-order valence-electron chi connectivity index (χ4n) is 1.38. The van der Waals surface area contributed by atoms with E-state index in [9.17, 15) is 9.59 Å². The summed E-state index contributed by atoms with van der Waals surface area (Å²) in [7, 11) is 0. The molecule has 16 heavy (non-hydrogen) atoms. The maximum Gasteiger partial charge on any atom is 0.208 e. The van der Waals surface area contributed by atoms with Crippen molar-refractivity contribution in [3.63, 3.8) is 0 Å². The quantitative estimate of drug-likeness (QED) is 0.584. The standard InChI is InChI=1S/C12H10O4/c1-8(11(13)9-4-2-6-15-9)12(14)10-5-3-7-16-10/h2-8H,1H3. The molecule has 0 unspecified atom stereocenters. The van der Waals surface area contributed by atoms with Gasteiger partial charge < -0.3 is 8.83 Å². The lowest BCUT2D eigenvalue weighted by Gasteiger charge is -2.04. The lowest BCUT2D eigenvalue weighted by molar-refractivity contribution is 0.0788. The van der Waals surface area contributed by atoms with E-state index in [0.29, 0.717) is 0 Å². The smallest absolute Gasteiger partial charge is 0.208 e. The molecule has 0 spiro atoms. The average Bonchev–Trinajstić information content (AvgIpc) is 2.97. The van der Waals surface area contributed by atoms with Crippen LogP contribution >= 0.6 is 0 Å². The first-order chi connectivity index (χ1) is 7.70. The molecular weight excluding hydrogens is 208 g/mol. The van der Waals surface area contributed by atoms with E-state index in [-0.39, 0.29) is 23.1 Å². The number of hydrogen-bond donors (Lipinski definition) is 0. The molecule has 0 amide bonds. The zero-order chi connectivity index (χ0) is 11.5. The molecule has 0 aliphatic rings. The number of furan rings is 2. The van der Waals surface area contributed by atoms with Crippen molar-refractivity contribution in [3.8, 4) is 0 Å².